The topological polar surface area (TPSA) is 26.6 Å². The van der Waals surface area contributed by atoms with Gasteiger partial charge in [0.2, 0.25) is 0 Å². The average Bonchev–Trinajstić information content (AvgIpc) is 3.19. The lowest BCUT2D eigenvalue weighted by molar-refractivity contribution is -0.235. The molecule has 0 saturated carbocycles. The van der Waals surface area contributed by atoms with Gasteiger partial charge in [-0.1, -0.05) is 36.7 Å². The predicted molar refractivity (Wildman–Crippen MR) is 94.3 cm³/mol. The maximum absolute atomic E-state index is 6.83. The molecule has 2 atom stereocenters. The Kier molecular flexibility index (Phi) is 3.46. The Labute approximate surface area is 147 Å². The van der Waals surface area contributed by atoms with Crippen molar-refractivity contribution in [2.75, 3.05) is 26.3 Å². The van der Waals surface area contributed by atoms with E-state index in [1.807, 2.05) is 0 Å². The van der Waals surface area contributed by atoms with Gasteiger partial charge in [-0.2, -0.15) is 0 Å². The van der Waals surface area contributed by atoms with Crippen LogP contribution >= 0.6 is 11.6 Å². The van der Waals surface area contributed by atoms with Crippen molar-refractivity contribution in [2.45, 2.75) is 38.1 Å². The number of para-hydroxylation sites is 1. The van der Waals surface area contributed by atoms with Gasteiger partial charge in [0, 0.05) is 42.9 Å². The summed E-state index contributed by atoms with van der Waals surface area (Å²) in [5.41, 5.74) is 2.49. The lowest BCUT2D eigenvalue weighted by Gasteiger charge is -2.50. The van der Waals surface area contributed by atoms with E-state index in [1.165, 1.54) is 11.2 Å². The SMILES string of the molecule is CC[C@H]1CN2CCn3c(c(Cl)c4ccccc43)[C@@H]2CC12OCCO2. The summed E-state index contributed by atoms with van der Waals surface area (Å²) in [5.74, 6) is 0.0173. The molecule has 0 bridgehead atoms. The summed E-state index contributed by atoms with van der Waals surface area (Å²) in [6.45, 7) is 6.76. The highest BCUT2D eigenvalue weighted by Gasteiger charge is 2.52. The molecule has 0 radical (unpaired) electrons. The summed E-state index contributed by atoms with van der Waals surface area (Å²) < 4.78 is 14.7. The minimum absolute atomic E-state index is 0.277. The van der Waals surface area contributed by atoms with Crippen LogP contribution in [0.5, 0.6) is 0 Å². The van der Waals surface area contributed by atoms with Crippen molar-refractivity contribution < 1.29 is 9.47 Å². The third kappa shape index (κ3) is 1.97. The molecule has 0 unspecified atom stereocenters. The molecule has 1 aromatic carbocycles. The molecular formula is C19H23ClN2O2. The zero-order chi connectivity index (χ0) is 16.3. The van der Waals surface area contributed by atoms with Crippen LogP contribution in [0.4, 0.5) is 0 Å². The first kappa shape index (κ1) is 15.2. The second kappa shape index (κ2) is 5.46. The molecule has 2 aromatic rings. The summed E-state index contributed by atoms with van der Waals surface area (Å²) in [6, 6.07) is 8.74. The summed E-state index contributed by atoms with van der Waals surface area (Å²) in [6.07, 6.45) is 1.96. The average molecular weight is 347 g/mol. The van der Waals surface area contributed by atoms with E-state index in [4.69, 9.17) is 21.1 Å². The van der Waals surface area contributed by atoms with Crippen molar-refractivity contribution in [3.8, 4) is 0 Å². The van der Waals surface area contributed by atoms with E-state index in [2.05, 4.69) is 40.7 Å². The van der Waals surface area contributed by atoms with Crippen LogP contribution < -0.4 is 0 Å². The normalized spacial score (nSPS) is 29.1. The Morgan fingerprint density at radius 1 is 1.21 bits per heavy atom. The number of benzene rings is 1. The number of ether oxygens (including phenoxy) is 2. The molecule has 1 aromatic heterocycles. The van der Waals surface area contributed by atoms with Gasteiger partial charge in [0.05, 0.1) is 30.0 Å². The quantitative estimate of drug-likeness (QED) is 0.785. The van der Waals surface area contributed by atoms with Crippen LogP contribution in [0.25, 0.3) is 10.9 Å². The molecule has 2 fully saturated rings. The number of hydrogen-bond donors (Lipinski definition) is 0. The zero-order valence-corrected chi connectivity index (χ0v) is 14.8. The molecule has 5 heteroatoms. The molecule has 3 aliphatic rings. The summed E-state index contributed by atoms with van der Waals surface area (Å²) in [7, 11) is 0. The molecule has 3 aliphatic heterocycles. The Balaban J connectivity index is 1.63. The maximum Gasteiger partial charge on any atom is 0.174 e. The van der Waals surface area contributed by atoms with Gasteiger partial charge in [0.25, 0.3) is 0 Å². The summed E-state index contributed by atoms with van der Waals surface area (Å²) >= 11 is 6.83. The number of fused-ring (bicyclic) bond motifs is 5. The first-order chi connectivity index (χ1) is 11.7. The largest absolute Gasteiger partial charge is 0.347 e. The Bertz CT molecular complexity index is 781. The van der Waals surface area contributed by atoms with Crippen LogP contribution in [0.15, 0.2) is 24.3 Å². The second-order valence-electron chi connectivity index (χ2n) is 7.20. The van der Waals surface area contributed by atoms with Gasteiger partial charge in [0.1, 0.15) is 0 Å². The van der Waals surface area contributed by atoms with Crippen molar-refractivity contribution in [2.24, 2.45) is 5.92 Å². The van der Waals surface area contributed by atoms with Crippen LogP contribution in [0.3, 0.4) is 0 Å². The number of hydrogen-bond acceptors (Lipinski definition) is 3. The highest BCUT2D eigenvalue weighted by molar-refractivity contribution is 6.36. The number of nitrogens with zero attached hydrogens (tertiary/aromatic N) is 2. The fourth-order valence-corrected chi connectivity index (χ4v) is 5.36. The number of halogens is 1. The van der Waals surface area contributed by atoms with Crippen LogP contribution in [0, 0.1) is 5.92 Å². The van der Waals surface area contributed by atoms with Gasteiger partial charge in [-0.05, 0) is 12.5 Å². The van der Waals surface area contributed by atoms with Crippen LogP contribution in [0.2, 0.25) is 5.02 Å². The molecule has 0 N–H and O–H groups in total. The summed E-state index contributed by atoms with van der Waals surface area (Å²) in [4.78, 5) is 2.59. The number of rotatable bonds is 1. The molecule has 5 rings (SSSR count). The Morgan fingerprint density at radius 2 is 2.00 bits per heavy atom. The van der Waals surface area contributed by atoms with Crippen molar-refractivity contribution in [3.05, 3.63) is 35.0 Å². The summed E-state index contributed by atoms with van der Waals surface area (Å²) in [5, 5.41) is 2.07. The maximum atomic E-state index is 6.83. The minimum Gasteiger partial charge on any atom is -0.347 e. The van der Waals surface area contributed by atoms with Crippen molar-refractivity contribution in [1.82, 2.24) is 9.47 Å². The van der Waals surface area contributed by atoms with E-state index >= 15 is 0 Å². The molecule has 1 spiro atoms. The van der Waals surface area contributed by atoms with Gasteiger partial charge in [-0.3, -0.25) is 4.90 Å². The van der Waals surface area contributed by atoms with E-state index in [1.54, 1.807) is 0 Å². The molecule has 4 nitrogen and oxygen atoms in total. The minimum atomic E-state index is -0.419. The molecule has 24 heavy (non-hydrogen) atoms. The zero-order valence-electron chi connectivity index (χ0n) is 14.0. The molecule has 0 aliphatic carbocycles. The Morgan fingerprint density at radius 3 is 2.79 bits per heavy atom. The molecule has 0 amide bonds. The first-order valence-electron chi connectivity index (χ1n) is 9.02. The lowest BCUT2D eigenvalue weighted by atomic mass is 9.82. The Hall–Kier alpha value is -1.07. The predicted octanol–water partition coefficient (Wildman–Crippen LogP) is 3.82. The highest BCUT2D eigenvalue weighted by atomic mass is 35.5. The van der Waals surface area contributed by atoms with Crippen molar-refractivity contribution >= 4 is 22.5 Å². The van der Waals surface area contributed by atoms with Crippen molar-refractivity contribution in [1.29, 1.82) is 0 Å². The monoisotopic (exact) mass is 346 g/mol. The molecule has 2 saturated heterocycles. The van der Waals surface area contributed by atoms with Gasteiger partial charge in [0.15, 0.2) is 5.79 Å². The molecule has 4 heterocycles. The smallest absolute Gasteiger partial charge is 0.174 e. The van der Waals surface area contributed by atoms with E-state index in [-0.39, 0.29) is 6.04 Å². The standard InChI is InChI=1S/C19H23ClN2O2/c1-2-13-12-21-7-8-22-15-6-4-3-5-14(15)17(20)18(22)16(21)11-19(13)23-9-10-24-19/h3-6,13,16H,2,7-12H2,1H3/t13-,16-/m0/s1. The van der Waals surface area contributed by atoms with Crippen molar-refractivity contribution in [3.63, 3.8) is 0 Å². The van der Waals surface area contributed by atoms with Crippen LogP contribution in [-0.4, -0.2) is 41.6 Å². The van der Waals surface area contributed by atoms with Gasteiger partial charge in [-0.25, -0.2) is 0 Å². The van der Waals surface area contributed by atoms with Gasteiger partial charge >= 0.3 is 0 Å². The van der Waals surface area contributed by atoms with E-state index in [0.717, 1.165) is 42.9 Å². The molecular weight excluding hydrogens is 324 g/mol. The number of aromatic nitrogens is 1. The number of piperidine rings is 1. The first-order valence-corrected chi connectivity index (χ1v) is 9.40. The highest BCUT2D eigenvalue weighted by Crippen LogP contribution is 2.49. The van der Waals surface area contributed by atoms with Gasteiger partial charge < -0.3 is 14.0 Å². The fourth-order valence-electron chi connectivity index (χ4n) is 4.97. The second-order valence-corrected chi connectivity index (χ2v) is 7.57. The molecule has 128 valence electrons. The van der Waals surface area contributed by atoms with E-state index in [9.17, 15) is 0 Å². The third-order valence-electron chi connectivity index (χ3n) is 6.14. The van der Waals surface area contributed by atoms with Gasteiger partial charge in [-0.15, -0.1) is 0 Å². The lowest BCUT2D eigenvalue weighted by Crippen LogP contribution is -2.55. The van der Waals surface area contributed by atoms with E-state index in [0.29, 0.717) is 19.1 Å². The van der Waals surface area contributed by atoms with Crippen LogP contribution in [0.1, 0.15) is 31.5 Å². The van der Waals surface area contributed by atoms with E-state index < -0.39 is 5.79 Å². The van der Waals surface area contributed by atoms with Crippen LogP contribution in [-0.2, 0) is 16.0 Å². The fraction of sp³-hybridized carbons (Fsp3) is 0.579. The third-order valence-corrected chi connectivity index (χ3v) is 6.54.